The smallest absolute Gasteiger partial charge is 0.146 e. The average Bonchev–Trinajstić information content (AvgIpc) is 2.36. The van der Waals surface area contributed by atoms with Crippen molar-refractivity contribution in [1.82, 2.24) is 0 Å². The van der Waals surface area contributed by atoms with E-state index in [2.05, 4.69) is 15.9 Å². The summed E-state index contributed by atoms with van der Waals surface area (Å²) in [5.41, 5.74) is 1.34. The minimum atomic E-state index is -0.297. The summed E-state index contributed by atoms with van der Waals surface area (Å²) in [5, 5.41) is 0. The lowest BCUT2D eigenvalue weighted by atomic mass is 10.2. The van der Waals surface area contributed by atoms with Crippen LogP contribution in [0.15, 0.2) is 46.9 Å². The number of para-hydroxylation sites is 1. The number of hydrogen-bond donors (Lipinski definition) is 0. The molecule has 0 heterocycles. The van der Waals surface area contributed by atoms with Gasteiger partial charge in [0.05, 0.1) is 5.69 Å². The molecule has 0 spiro atoms. The SMILES string of the molecule is CCN(Cc1cc(F)cc(Br)c1)c1ccccc1F. The summed E-state index contributed by atoms with van der Waals surface area (Å²) in [4.78, 5) is 1.87. The first-order valence-electron chi connectivity index (χ1n) is 6.04. The molecule has 0 saturated heterocycles. The highest BCUT2D eigenvalue weighted by Gasteiger charge is 2.10. The standard InChI is InChI=1S/C15H14BrF2N/c1-2-19(15-6-4-3-5-14(15)18)10-11-7-12(16)9-13(17)8-11/h3-9H,2,10H2,1H3. The van der Waals surface area contributed by atoms with Crippen LogP contribution in [0.3, 0.4) is 0 Å². The Morgan fingerprint density at radius 1 is 1.11 bits per heavy atom. The molecule has 0 N–H and O–H groups in total. The second-order valence-electron chi connectivity index (χ2n) is 4.24. The zero-order valence-electron chi connectivity index (χ0n) is 10.5. The third-order valence-corrected chi connectivity index (χ3v) is 3.33. The maximum Gasteiger partial charge on any atom is 0.146 e. The van der Waals surface area contributed by atoms with Crippen LogP contribution in [0.4, 0.5) is 14.5 Å². The van der Waals surface area contributed by atoms with Gasteiger partial charge in [-0.15, -0.1) is 0 Å². The summed E-state index contributed by atoms with van der Waals surface area (Å²) < 4.78 is 27.8. The van der Waals surface area contributed by atoms with Crippen LogP contribution in [0.5, 0.6) is 0 Å². The number of nitrogens with zero attached hydrogens (tertiary/aromatic N) is 1. The van der Waals surface area contributed by atoms with E-state index in [0.717, 1.165) is 5.56 Å². The van der Waals surface area contributed by atoms with Crippen LogP contribution < -0.4 is 4.90 Å². The van der Waals surface area contributed by atoms with E-state index in [-0.39, 0.29) is 11.6 Å². The van der Waals surface area contributed by atoms with Crippen LogP contribution in [0, 0.1) is 11.6 Å². The molecule has 4 heteroatoms. The molecule has 2 aromatic carbocycles. The molecule has 0 atom stereocenters. The largest absolute Gasteiger partial charge is 0.365 e. The van der Waals surface area contributed by atoms with E-state index in [0.29, 0.717) is 23.2 Å². The Morgan fingerprint density at radius 2 is 1.84 bits per heavy atom. The molecule has 2 aromatic rings. The maximum atomic E-state index is 13.8. The van der Waals surface area contributed by atoms with Gasteiger partial charge in [0.25, 0.3) is 0 Å². The number of anilines is 1. The van der Waals surface area contributed by atoms with Crippen LogP contribution in [-0.2, 0) is 6.54 Å². The van der Waals surface area contributed by atoms with Crippen molar-refractivity contribution in [2.24, 2.45) is 0 Å². The molecule has 0 aliphatic heterocycles. The third kappa shape index (κ3) is 3.53. The molecule has 0 unspecified atom stereocenters. The topological polar surface area (TPSA) is 3.24 Å². The van der Waals surface area contributed by atoms with Crippen molar-refractivity contribution in [1.29, 1.82) is 0 Å². The lowest BCUT2D eigenvalue weighted by molar-refractivity contribution is 0.614. The molecular weight excluding hydrogens is 312 g/mol. The van der Waals surface area contributed by atoms with Gasteiger partial charge >= 0.3 is 0 Å². The molecule has 0 bridgehead atoms. The van der Waals surface area contributed by atoms with Crippen LogP contribution in [-0.4, -0.2) is 6.54 Å². The first-order chi connectivity index (χ1) is 9.10. The Bertz CT molecular complexity index is 552. The van der Waals surface area contributed by atoms with Crippen molar-refractivity contribution in [2.45, 2.75) is 13.5 Å². The molecule has 0 aliphatic carbocycles. The molecule has 1 nitrogen and oxygen atoms in total. The zero-order valence-corrected chi connectivity index (χ0v) is 12.1. The van der Waals surface area contributed by atoms with E-state index < -0.39 is 0 Å². The van der Waals surface area contributed by atoms with E-state index in [4.69, 9.17) is 0 Å². The molecule has 0 amide bonds. The van der Waals surface area contributed by atoms with Crippen LogP contribution >= 0.6 is 15.9 Å². The fraction of sp³-hybridized carbons (Fsp3) is 0.200. The molecule has 0 radical (unpaired) electrons. The number of rotatable bonds is 4. The molecule has 0 saturated carbocycles. The maximum absolute atomic E-state index is 13.8. The predicted octanol–water partition coefficient (Wildman–Crippen LogP) is 4.75. The minimum absolute atomic E-state index is 0.264. The van der Waals surface area contributed by atoms with Crippen molar-refractivity contribution < 1.29 is 8.78 Å². The van der Waals surface area contributed by atoms with E-state index in [9.17, 15) is 8.78 Å². The molecule has 100 valence electrons. The number of halogens is 3. The van der Waals surface area contributed by atoms with Crippen molar-refractivity contribution >= 4 is 21.6 Å². The number of hydrogen-bond acceptors (Lipinski definition) is 1. The highest BCUT2D eigenvalue weighted by atomic mass is 79.9. The number of benzene rings is 2. The second-order valence-corrected chi connectivity index (χ2v) is 5.16. The molecule has 0 fully saturated rings. The fourth-order valence-electron chi connectivity index (χ4n) is 2.00. The highest BCUT2D eigenvalue weighted by Crippen LogP contribution is 2.22. The van der Waals surface area contributed by atoms with E-state index in [1.807, 2.05) is 17.9 Å². The van der Waals surface area contributed by atoms with Crippen LogP contribution in [0.25, 0.3) is 0 Å². The van der Waals surface area contributed by atoms with Gasteiger partial charge < -0.3 is 4.90 Å². The van der Waals surface area contributed by atoms with Gasteiger partial charge in [0, 0.05) is 17.6 Å². The Kier molecular flexibility index (Phi) is 4.53. The van der Waals surface area contributed by atoms with E-state index in [1.54, 1.807) is 18.2 Å². The Balaban J connectivity index is 2.26. The molecule has 2 rings (SSSR count). The second kappa shape index (κ2) is 6.15. The highest BCUT2D eigenvalue weighted by molar-refractivity contribution is 9.10. The van der Waals surface area contributed by atoms with Gasteiger partial charge in [0.15, 0.2) is 0 Å². The van der Waals surface area contributed by atoms with Crippen molar-refractivity contribution in [3.05, 3.63) is 64.1 Å². The van der Waals surface area contributed by atoms with Gasteiger partial charge in [0.2, 0.25) is 0 Å². The van der Waals surface area contributed by atoms with Gasteiger partial charge in [0.1, 0.15) is 11.6 Å². The Morgan fingerprint density at radius 3 is 2.47 bits per heavy atom. The lowest BCUT2D eigenvalue weighted by Crippen LogP contribution is -2.23. The summed E-state index contributed by atoms with van der Waals surface area (Å²) >= 11 is 3.26. The van der Waals surface area contributed by atoms with E-state index in [1.165, 1.54) is 18.2 Å². The van der Waals surface area contributed by atoms with Gasteiger partial charge in [-0.1, -0.05) is 28.1 Å². The monoisotopic (exact) mass is 325 g/mol. The molecule has 0 aliphatic rings. The van der Waals surface area contributed by atoms with Crippen molar-refractivity contribution in [3.8, 4) is 0 Å². The minimum Gasteiger partial charge on any atom is -0.365 e. The zero-order chi connectivity index (χ0) is 13.8. The summed E-state index contributed by atoms with van der Waals surface area (Å²) in [6.07, 6.45) is 0. The quantitative estimate of drug-likeness (QED) is 0.783. The van der Waals surface area contributed by atoms with Gasteiger partial charge in [-0.05, 0) is 42.8 Å². The van der Waals surface area contributed by atoms with Crippen molar-refractivity contribution in [3.63, 3.8) is 0 Å². The van der Waals surface area contributed by atoms with Crippen LogP contribution in [0.1, 0.15) is 12.5 Å². The fourth-order valence-corrected chi connectivity index (χ4v) is 2.51. The van der Waals surface area contributed by atoms with Crippen molar-refractivity contribution in [2.75, 3.05) is 11.4 Å². The van der Waals surface area contributed by atoms with Gasteiger partial charge in [-0.2, -0.15) is 0 Å². The lowest BCUT2D eigenvalue weighted by Gasteiger charge is -2.23. The molecular formula is C15H14BrF2N. The predicted molar refractivity (Wildman–Crippen MR) is 77.2 cm³/mol. The van der Waals surface area contributed by atoms with Crippen LogP contribution in [0.2, 0.25) is 0 Å². The third-order valence-electron chi connectivity index (χ3n) is 2.87. The summed E-state index contributed by atoms with van der Waals surface area (Å²) in [6, 6.07) is 11.3. The summed E-state index contributed by atoms with van der Waals surface area (Å²) in [6.45, 7) is 3.06. The summed E-state index contributed by atoms with van der Waals surface area (Å²) in [7, 11) is 0. The first-order valence-corrected chi connectivity index (χ1v) is 6.84. The molecule has 19 heavy (non-hydrogen) atoms. The molecule has 0 aromatic heterocycles. The first kappa shape index (κ1) is 14.0. The van der Waals surface area contributed by atoms with Gasteiger partial charge in [-0.25, -0.2) is 8.78 Å². The Labute approximate surface area is 120 Å². The van der Waals surface area contributed by atoms with Gasteiger partial charge in [-0.3, -0.25) is 0 Å². The Hall–Kier alpha value is -1.42. The summed E-state index contributed by atoms with van der Waals surface area (Å²) in [5.74, 6) is -0.561. The van der Waals surface area contributed by atoms with E-state index >= 15 is 0 Å². The normalized spacial score (nSPS) is 10.5. The average molecular weight is 326 g/mol.